The van der Waals surface area contributed by atoms with Gasteiger partial charge in [-0.25, -0.2) is 18.6 Å². The number of nitrogens with zero attached hydrogens (tertiary/aromatic N) is 5. The van der Waals surface area contributed by atoms with Gasteiger partial charge in [0.1, 0.15) is 11.5 Å². The van der Waals surface area contributed by atoms with E-state index in [0.29, 0.717) is 35.6 Å². The second-order valence-electron chi connectivity index (χ2n) is 7.63. The number of halogens is 2. The lowest BCUT2D eigenvalue weighted by Crippen LogP contribution is -2.36. The minimum Gasteiger partial charge on any atom is -0.383 e. The second kappa shape index (κ2) is 12.7. The van der Waals surface area contributed by atoms with Crippen LogP contribution in [-0.2, 0) is 0 Å². The summed E-state index contributed by atoms with van der Waals surface area (Å²) in [5, 5.41) is 3.20. The van der Waals surface area contributed by atoms with Gasteiger partial charge in [0.15, 0.2) is 6.29 Å². The molecule has 3 aromatic rings. The fourth-order valence-corrected chi connectivity index (χ4v) is 3.19. The van der Waals surface area contributed by atoms with Crippen LogP contribution in [0.5, 0.6) is 0 Å². The SMILES string of the molecule is CC.CN1CCC(F)(F)CC1.CNC(=O)/N=C(\N)c1cncc(-n2ccc3cc(C=O)cnc32)c1. The van der Waals surface area contributed by atoms with Crippen LogP contribution in [0.1, 0.15) is 42.6 Å². The summed E-state index contributed by atoms with van der Waals surface area (Å²) in [4.78, 5) is 36.2. The molecule has 3 N–H and O–H groups in total. The lowest BCUT2D eigenvalue weighted by Gasteiger charge is -2.28. The third-order valence-corrected chi connectivity index (χ3v) is 5.14. The molecule has 4 heterocycles. The van der Waals surface area contributed by atoms with Crippen LogP contribution in [0.25, 0.3) is 16.7 Å². The summed E-state index contributed by atoms with van der Waals surface area (Å²) < 4.78 is 26.5. The molecule has 0 atom stereocenters. The molecular formula is C24H31F2N7O2. The predicted molar refractivity (Wildman–Crippen MR) is 132 cm³/mol. The monoisotopic (exact) mass is 487 g/mol. The van der Waals surface area contributed by atoms with Gasteiger partial charge in [-0.3, -0.25) is 14.3 Å². The van der Waals surface area contributed by atoms with Crippen molar-refractivity contribution in [2.75, 3.05) is 27.2 Å². The number of hydrogen-bond acceptors (Lipinski definition) is 5. The number of aliphatic imine (C=N–C) groups is 1. The number of hydrogen-bond donors (Lipinski definition) is 2. The number of nitrogens with two attached hydrogens (primary N) is 1. The molecule has 0 aliphatic carbocycles. The summed E-state index contributed by atoms with van der Waals surface area (Å²) in [7, 11) is 3.34. The molecule has 9 nitrogen and oxygen atoms in total. The van der Waals surface area contributed by atoms with Crippen LogP contribution < -0.4 is 11.1 Å². The number of aldehydes is 1. The zero-order valence-corrected chi connectivity index (χ0v) is 20.3. The fraction of sp³-hybridized carbons (Fsp3) is 0.375. The number of aromatic nitrogens is 3. The van der Waals surface area contributed by atoms with Crippen molar-refractivity contribution >= 4 is 29.2 Å². The molecule has 0 aromatic carbocycles. The van der Waals surface area contributed by atoms with Crippen molar-refractivity contribution in [3.05, 3.63) is 54.1 Å². The fourth-order valence-electron chi connectivity index (χ4n) is 3.19. The van der Waals surface area contributed by atoms with Crippen molar-refractivity contribution in [2.45, 2.75) is 32.6 Å². The number of likely N-dealkylation sites (tertiary alicyclic amines) is 1. The molecule has 4 rings (SSSR count). The van der Waals surface area contributed by atoms with Crippen LogP contribution in [0.2, 0.25) is 0 Å². The highest BCUT2D eigenvalue weighted by molar-refractivity contribution is 6.03. The number of urea groups is 1. The number of piperidine rings is 1. The van der Waals surface area contributed by atoms with Crippen molar-refractivity contribution in [3.63, 3.8) is 0 Å². The Bertz CT molecular complexity index is 1170. The van der Waals surface area contributed by atoms with Gasteiger partial charge in [-0.15, -0.1) is 0 Å². The minimum absolute atomic E-state index is 0.0312. The average molecular weight is 488 g/mol. The molecule has 0 unspecified atom stereocenters. The van der Waals surface area contributed by atoms with Crippen LogP contribution in [0.15, 0.2) is 48.0 Å². The Morgan fingerprint density at radius 1 is 1.20 bits per heavy atom. The first-order valence-electron chi connectivity index (χ1n) is 11.2. The molecule has 1 aliphatic heterocycles. The van der Waals surface area contributed by atoms with Crippen LogP contribution in [-0.4, -0.2) is 70.7 Å². The first-order chi connectivity index (χ1) is 16.7. The number of carbonyl (C=O) groups excluding carboxylic acids is 2. The molecule has 1 aliphatic rings. The summed E-state index contributed by atoms with van der Waals surface area (Å²) in [6.07, 6.45) is 7.30. The van der Waals surface area contributed by atoms with E-state index in [2.05, 4.69) is 20.3 Å². The lowest BCUT2D eigenvalue weighted by molar-refractivity contribution is -0.0504. The van der Waals surface area contributed by atoms with Gasteiger partial charge in [0.25, 0.3) is 5.92 Å². The number of carbonyl (C=O) groups is 2. The highest BCUT2D eigenvalue weighted by atomic mass is 19.3. The Kier molecular flexibility index (Phi) is 9.95. The number of alkyl halides is 2. The molecule has 35 heavy (non-hydrogen) atoms. The number of amidine groups is 1. The summed E-state index contributed by atoms with van der Waals surface area (Å²) in [5.74, 6) is -2.32. The maximum absolute atomic E-state index is 12.4. The second-order valence-corrected chi connectivity index (χ2v) is 7.63. The van der Waals surface area contributed by atoms with Crippen LogP contribution in [0, 0.1) is 0 Å². The Hall–Kier alpha value is -3.73. The van der Waals surface area contributed by atoms with Crippen LogP contribution in [0.3, 0.4) is 0 Å². The van der Waals surface area contributed by atoms with E-state index in [9.17, 15) is 18.4 Å². The Labute approximate surface area is 203 Å². The van der Waals surface area contributed by atoms with E-state index in [1.54, 1.807) is 18.3 Å². The zero-order valence-electron chi connectivity index (χ0n) is 20.3. The average Bonchev–Trinajstić information content (AvgIpc) is 3.30. The Balaban J connectivity index is 0.000000329. The van der Waals surface area contributed by atoms with E-state index in [1.165, 1.54) is 19.4 Å². The number of amides is 2. The van der Waals surface area contributed by atoms with E-state index in [-0.39, 0.29) is 18.7 Å². The summed E-state index contributed by atoms with van der Waals surface area (Å²) in [6.45, 7) is 5.07. The van der Waals surface area contributed by atoms with Gasteiger partial charge in [-0.05, 0) is 25.2 Å². The molecule has 0 radical (unpaired) electrons. The van der Waals surface area contributed by atoms with Crippen molar-refractivity contribution in [2.24, 2.45) is 10.7 Å². The van der Waals surface area contributed by atoms with Crippen molar-refractivity contribution in [3.8, 4) is 5.69 Å². The van der Waals surface area contributed by atoms with Gasteiger partial charge in [-0.1, -0.05) is 13.8 Å². The molecule has 1 fully saturated rings. The molecule has 0 saturated carbocycles. The van der Waals surface area contributed by atoms with E-state index >= 15 is 0 Å². The van der Waals surface area contributed by atoms with Gasteiger partial charge < -0.3 is 16.0 Å². The molecule has 0 spiro atoms. The number of nitrogens with one attached hydrogen (secondary N) is 1. The van der Waals surface area contributed by atoms with Gasteiger partial charge in [-0.2, -0.15) is 4.99 Å². The topological polar surface area (TPSA) is 118 Å². The third kappa shape index (κ3) is 7.64. The standard InChI is InChI=1S/C16H14N6O2.C6H11F2N.C2H6/c1-18-16(24)21-14(17)12-5-13(8-19-7-12)22-3-2-11-4-10(9-23)6-20-15(11)22;1-9-4-2-6(7,8)3-5-9;1-2/h2-9H,1H3,(H3,17,18,21,24);2-5H2,1H3;1-2H3. The van der Waals surface area contributed by atoms with E-state index in [4.69, 9.17) is 5.73 Å². The Morgan fingerprint density at radius 3 is 2.49 bits per heavy atom. The molecule has 1 saturated heterocycles. The van der Waals surface area contributed by atoms with Gasteiger partial charge in [0.2, 0.25) is 0 Å². The van der Waals surface area contributed by atoms with E-state index < -0.39 is 12.0 Å². The van der Waals surface area contributed by atoms with Crippen molar-refractivity contribution in [1.82, 2.24) is 24.8 Å². The maximum atomic E-state index is 12.4. The highest BCUT2D eigenvalue weighted by Crippen LogP contribution is 2.26. The van der Waals surface area contributed by atoms with Gasteiger partial charge >= 0.3 is 6.03 Å². The van der Waals surface area contributed by atoms with E-state index in [1.807, 2.05) is 42.6 Å². The first kappa shape index (κ1) is 27.5. The molecule has 188 valence electrons. The largest absolute Gasteiger partial charge is 0.383 e. The van der Waals surface area contributed by atoms with Gasteiger partial charge in [0, 0.05) is 68.1 Å². The highest BCUT2D eigenvalue weighted by Gasteiger charge is 2.32. The number of fused-ring (bicyclic) bond motifs is 1. The lowest BCUT2D eigenvalue weighted by atomic mass is 10.1. The molecule has 2 amide bonds. The molecule has 0 bridgehead atoms. The minimum atomic E-state index is -2.38. The smallest absolute Gasteiger partial charge is 0.342 e. The van der Waals surface area contributed by atoms with Gasteiger partial charge in [0.05, 0.1) is 11.9 Å². The van der Waals surface area contributed by atoms with Crippen molar-refractivity contribution < 1.29 is 18.4 Å². The summed E-state index contributed by atoms with van der Waals surface area (Å²) in [6, 6.07) is 4.82. The Morgan fingerprint density at radius 2 is 1.89 bits per heavy atom. The predicted octanol–water partition coefficient (Wildman–Crippen LogP) is 3.65. The third-order valence-electron chi connectivity index (χ3n) is 5.14. The summed E-state index contributed by atoms with van der Waals surface area (Å²) >= 11 is 0. The van der Waals surface area contributed by atoms with E-state index in [0.717, 1.165) is 11.7 Å². The summed E-state index contributed by atoms with van der Waals surface area (Å²) in [5.41, 5.74) is 8.25. The van der Waals surface area contributed by atoms with Crippen LogP contribution >= 0.6 is 0 Å². The normalized spacial score (nSPS) is 15.3. The quantitative estimate of drug-likeness (QED) is 0.331. The van der Waals surface area contributed by atoms with Crippen LogP contribution in [0.4, 0.5) is 13.6 Å². The molecule has 3 aromatic heterocycles. The molecule has 11 heteroatoms. The zero-order chi connectivity index (χ0) is 26.0. The number of rotatable bonds is 3. The first-order valence-corrected chi connectivity index (χ1v) is 11.2. The molecular weight excluding hydrogens is 456 g/mol. The maximum Gasteiger partial charge on any atom is 0.342 e. The van der Waals surface area contributed by atoms with Crippen molar-refractivity contribution in [1.29, 1.82) is 0 Å². The number of pyridine rings is 2.